The number of carboxylic acids is 1. The van der Waals surface area contributed by atoms with Gasteiger partial charge in [-0.2, -0.15) is 0 Å². The summed E-state index contributed by atoms with van der Waals surface area (Å²) in [4.78, 5) is 21.7. The van der Waals surface area contributed by atoms with Gasteiger partial charge >= 0.3 is 5.97 Å². The van der Waals surface area contributed by atoms with Crippen LogP contribution in [0, 0.1) is 0 Å². The first kappa shape index (κ1) is 11.0. The number of aromatic carboxylic acids is 1. The molecular formula is C10H12N2O3. The van der Waals surface area contributed by atoms with Crippen molar-refractivity contribution in [3.05, 3.63) is 29.3 Å². The van der Waals surface area contributed by atoms with Crippen LogP contribution in [0.15, 0.2) is 18.2 Å². The van der Waals surface area contributed by atoms with E-state index in [9.17, 15) is 9.59 Å². The maximum atomic E-state index is 11.0. The van der Waals surface area contributed by atoms with Crippen molar-refractivity contribution in [3.63, 3.8) is 0 Å². The molecule has 0 saturated carbocycles. The second-order valence-corrected chi connectivity index (χ2v) is 2.96. The number of anilines is 1. The van der Waals surface area contributed by atoms with Gasteiger partial charge in [-0.05, 0) is 25.1 Å². The molecule has 0 aliphatic rings. The molecule has 0 aromatic heterocycles. The minimum Gasteiger partial charge on any atom is -0.478 e. The lowest BCUT2D eigenvalue weighted by molar-refractivity contribution is 0.0696. The van der Waals surface area contributed by atoms with Crippen LogP contribution in [-0.4, -0.2) is 23.5 Å². The van der Waals surface area contributed by atoms with Gasteiger partial charge in [0.2, 0.25) is 0 Å². The topological polar surface area (TPSA) is 92.4 Å². The Morgan fingerprint density at radius 3 is 2.60 bits per heavy atom. The Kier molecular flexibility index (Phi) is 3.28. The minimum absolute atomic E-state index is 0.121. The van der Waals surface area contributed by atoms with Crippen LogP contribution in [0.1, 0.15) is 27.6 Å². The average molecular weight is 208 g/mol. The number of primary amides is 1. The summed E-state index contributed by atoms with van der Waals surface area (Å²) in [5, 5.41) is 11.7. The number of carbonyl (C=O) groups excluding carboxylic acids is 1. The number of carbonyl (C=O) groups is 2. The SMILES string of the molecule is CCNc1cc(C(=O)O)ccc1C(N)=O. The van der Waals surface area contributed by atoms with Crippen LogP contribution in [-0.2, 0) is 0 Å². The number of nitrogens with one attached hydrogen (secondary N) is 1. The summed E-state index contributed by atoms with van der Waals surface area (Å²) in [6.07, 6.45) is 0. The highest BCUT2D eigenvalue weighted by molar-refractivity contribution is 6.00. The highest BCUT2D eigenvalue weighted by Gasteiger charge is 2.11. The van der Waals surface area contributed by atoms with Gasteiger partial charge in [-0.25, -0.2) is 4.79 Å². The van der Waals surface area contributed by atoms with Gasteiger partial charge in [-0.3, -0.25) is 4.79 Å². The largest absolute Gasteiger partial charge is 0.478 e. The third-order valence-electron chi connectivity index (χ3n) is 1.90. The molecule has 0 aliphatic heterocycles. The van der Waals surface area contributed by atoms with E-state index >= 15 is 0 Å². The summed E-state index contributed by atoms with van der Waals surface area (Å²) in [7, 11) is 0. The molecule has 1 rings (SSSR count). The predicted octanol–water partition coefficient (Wildman–Crippen LogP) is 0.915. The number of hydrogen-bond acceptors (Lipinski definition) is 3. The predicted molar refractivity (Wildman–Crippen MR) is 56.1 cm³/mol. The van der Waals surface area contributed by atoms with Gasteiger partial charge in [0.15, 0.2) is 0 Å². The standard InChI is InChI=1S/C10H12N2O3/c1-2-12-8-5-6(10(14)15)3-4-7(8)9(11)13/h3-5,12H,2H2,1H3,(H2,11,13)(H,14,15). The Morgan fingerprint density at radius 1 is 1.47 bits per heavy atom. The van der Waals surface area contributed by atoms with Crippen molar-refractivity contribution in [1.29, 1.82) is 0 Å². The Balaban J connectivity index is 3.20. The highest BCUT2D eigenvalue weighted by Crippen LogP contribution is 2.17. The fraction of sp³-hybridized carbons (Fsp3) is 0.200. The van der Waals surface area contributed by atoms with Crippen molar-refractivity contribution in [2.45, 2.75) is 6.92 Å². The lowest BCUT2D eigenvalue weighted by atomic mass is 10.1. The third-order valence-corrected chi connectivity index (χ3v) is 1.90. The fourth-order valence-corrected chi connectivity index (χ4v) is 1.23. The maximum Gasteiger partial charge on any atom is 0.335 e. The molecule has 15 heavy (non-hydrogen) atoms. The summed E-state index contributed by atoms with van der Waals surface area (Å²) < 4.78 is 0. The third kappa shape index (κ3) is 2.46. The van der Waals surface area contributed by atoms with Gasteiger partial charge in [0.1, 0.15) is 0 Å². The average Bonchev–Trinajstić information content (AvgIpc) is 2.17. The van der Waals surface area contributed by atoms with E-state index in [1.807, 2.05) is 6.92 Å². The van der Waals surface area contributed by atoms with Gasteiger partial charge in [-0.1, -0.05) is 0 Å². The van der Waals surface area contributed by atoms with Crippen LogP contribution in [0.3, 0.4) is 0 Å². The van der Waals surface area contributed by atoms with E-state index in [1.54, 1.807) is 0 Å². The van der Waals surface area contributed by atoms with E-state index in [0.717, 1.165) is 0 Å². The Hall–Kier alpha value is -2.04. The second-order valence-electron chi connectivity index (χ2n) is 2.96. The molecule has 1 aromatic carbocycles. The van der Waals surface area contributed by atoms with Crippen molar-refractivity contribution in [2.24, 2.45) is 5.73 Å². The number of nitrogens with two attached hydrogens (primary N) is 1. The molecule has 4 N–H and O–H groups in total. The molecule has 0 atom stereocenters. The quantitative estimate of drug-likeness (QED) is 0.685. The molecular weight excluding hydrogens is 196 g/mol. The van der Waals surface area contributed by atoms with Crippen molar-refractivity contribution >= 4 is 17.6 Å². The van der Waals surface area contributed by atoms with Gasteiger partial charge in [-0.15, -0.1) is 0 Å². The van der Waals surface area contributed by atoms with E-state index in [4.69, 9.17) is 10.8 Å². The second kappa shape index (κ2) is 4.45. The first-order valence-electron chi connectivity index (χ1n) is 4.47. The first-order chi connectivity index (χ1) is 7.06. The molecule has 0 radical (unpaired) electrons. The van der Waals surface area contributed by atoms with Crippen molar-refractivity contribution in [3.8, 4) is 0 Å². The number of amides is 1. The molecule has 1 aromatic rings. The summed E-state index contributed by atoms with van der Waals surface area (Å²) in [5.41, 5.74) is 6.01. The van der Waals surface area contributed by atoms with Crippen LogP contribution >= 0.6 is 0 Å². The molecule has 0 unspecified atom stereocenters. The molecule has 5 heteroatoms. The van der Waals surface area contributed by atoms with Gasteiger partial charge in [0, 0.05) is 12.2 Å². The molecule has 0 spiro atoms. The Morgan fingerprint density at radius 2 is 2.13 bits per heavy atom. The van der Waals surface area contributed by atoms with E-state index in [0.29, 0.717) is 17.8 Å². The highest BCUT2D eigenvalue weighted by atomic mass is 16.4. The van der Waals surface area contributed by atoms with Crippen LogP contribution < -0.4 is 11.1 Å². The molecule has 5 nitrogen and oxygen atoms in total. The van der Waals surface area contributed by atoms with Crippen LogP contribution in [0.5, 0.6) is 0 Å². The summed E-state index contributed by atoms with van der Waals surface area (Å²) in [5.74, 6) is -1.62. The Labute approximate surface area is 86.9 Å². The van der Waals surface area contributed by atoms with Gasteiger partial charge < -0.3 is 16.2 Å². The lowest BCUT2D eigenvalue weighted by Crippen LogP contribution is -2.15. The minimum atomic E-state index is -1.04. The molecule has 0 heterocycles. The van der Waals surface area contributed by atoms with E-state index in [-0.39, 0.29) is 5.56 Å². The maximum absolute atomic E-state index is 11.0. The summed E-state index contributed by atoms with van der Waals surface area (Å²) >= 11 is 0. The lowest BCUT2D eigenvalue weighted by Gasteiger charge is -2.08. The van der Waals surface area contributed by atoms with Crippen LogP contribution in [0.2, 0.25) is 0 Å². The zero-order valence-corrected chi connectivity index (χ0v) is 8.28. The molecule has 0 fully saturated rings. The summed E-state index contributed by atoms with van der Waals surface area (Å²) in [6, 6.07) is 4.15. The molecule has 1 amide bonds. The molecule has 0 bridgehead atoms. The van der Waals surface area contributed by atoms with Crippen LogP contribution in [0.25, 0.3) is 0 Å². The van der Waals surface area contributed by atoms with Gasteiger partial charge in [0.05, 0.1) is 11.1 Å². The normalized spacial score (nSPS) is 9.67. The molecule has 0 aliphatic carbocycles. The van der Waals surface area contributed by atoms with Crippen molar-refractivity contribution in [1.82, 2.24) is 0 Å². The molecule has 80 valence electrons. The summed E-state index contributed by atoms with van der Waals surface area (Å²) in [6.45, 7) is 2.43. The fourth-order valence-electron chi connectivity index (χ4n) is 1.23. The monoisotopic (exact) mass is 208 g/mol. The zero-order valence-electron chi connectivity index (χ0n) is 8.28. The number of carboxylic acid groups (broad SMARTS) is 1. The first-order valence-corrected chi connectivity index (χ1v) is 4.47. The van der Waals surface area contributed by atoms with Crippen molar-refractivity contribution < 1.29 is 14.7 Å². The smallest absolute Gasteiger partial charge is 0.335 e. The number of hydrogen-bond donors (Lipinski definition) is 3. The molecule has 0 saturated heterocycles. The number of rotatable bonds is 4. The van der Waals surface area contributed by atoms with E-state index < -0.39 is 11.9 Å². The Bertz CT molecular complexity index is 402. The van der Waals surface area contributed by atoms with Gasteiger partial charge in [0.25, 0.3) is 5.91 Å². The number of benzene rings is 1. The van der Waals surface area contributed by atoms with Crippen LogP contribution in [0.4, 0.5) is 5.69 Å². The van der Waals surface area contributed by atoms with E-state index in [2.05, 4.69) is 5.32 Å². The van der Waals surface area contributed by atoms with E-state index in [1.165, 1.54) is 18.2 Å². The zero-order chi connectivity index (χ0) is 11.4. The van der Waals surface area contributed by atoms with Crippen molar-refractivity contribution in [2.75, 3.05) is 11.9 Å².